The Balaban J connectivity index is 2.35. The number of hydrogen-bond donors (Lipinski definition) is 0. The van der Waals surface area contributed by atoms with Gasteiger partial charge in [0.1, 0.15) is 6.33 Å². The van der Waals surface area contributed by atoms with Crippen LogP contribution >= 0.6 is 0 Å². The molecule has 0 saturated carbocycles. The van der Waals surface area contributed by atoms with E-state index in [1.54, 1.807) is 24.3 Å². The normalized spacial score (nSPS) is 10.6. The summed E-state index contributed by atoms with van der Waals surface area (Å²) in [5.41, 5.74) is 0.703. The molecule has 0 aliphatic carbocycles. The van der Waals surface area contributed by atoms with Crippen LogP contribution in [0, 0.1) is 0 Å². The van der Waals surface area contributed by atoms with Gasteiger partial charge in [0.05, 0.1) is 6.20 Å². The Hall–Kier alpha value is -1.72. The van der Waals surface area contributed by atoms with E-state index in [9.17, 15) is 0 Å². The maximum atomic E-state index is 4.20. The number of nitrogens with zero attached hydrogens (tertiary/aromatic N) is 6. The lowest BCUT2D eigenvalue weighted by Crippen LogP contribution is -1.95. The van der Waals surface area contributed by atoms with Crippen LogP contribution in [0.25, 0.3) is 11.5 Å². The van der Waals surface area contributed by atoms with E-state index in [0.29, 0.717) is 11.5 Å². The van der Waals surface area contributed by atoms with E-state index in [1.165, 1.54) is 4.80 Å². The fourth-order valence-corrected chi connectivity index (χ4v) is 1.01. The molecule has 2 heterocycles. The minimum atomic E-state index is 0.620. The minimum absolute atomic E-state index is 0.620. The number of aromatic nitrogens is 6. The van der Waals surface area contributed by atoms with Crippen LogP contribution in [0.5, 0.6) is 0 Å². The maximum absolute atomic E-state index is 4.20. The van der Waals surface area contributed by atoms with Crippen molar-refractivity contribution in [3.63, 3.8) is 0 Å². The summed E-state index contributed by atoms with van der Waals surface area (Å²) in [6.07, 6.45) is 3.33. The van der Waals surface area contributed by atoms with Gasteiger partial charge in [-0.05, 0) is 6.92 Å². The van der Waals surface area contributed by atoms with Crippen LogP contribution in [-0.2, 0) is 13.6 Å². The number of hydrogen-bond acceptors (Lipinski definition) is 4. The van der Waals surface area contributed by atoms with E-state index in [4.69, 9.17) is 0 Å². The molecule has 68 valence electrons. The molecule has 6 nitrogen and oxygen atoms in total. The molecule has 0 aromatic carbocycles. The summed E-state index contributed by atoms with van der Waals surface area (Å²) < 4.78 is 1.75. The van der Waals surface area contributed by atoms with Crippen LogP contribution < -0.4 is 0 Å². The number of rotatable bonds is 2. The van der Waals surface area contributed by atoms with Gasteiger partial charge in [-0.25, -0.2) is 4.98 Å². The third-order valence-electron chi connectivity index (χ3n) is 1.69. The van der Waals surface area contributed by atoms with E-state index in [1.807, 2.05) is 6.92 Å². The summed E-state index contributed by atoms with van der Waals surface area (Å²) in [7, 11) is 1.76. The van der Waals surface area contributed by atoms with Crippen molar-refractivity contribution in [2.45, 2.75) is 13.5 Å². The summed E-state index contributed by atoms with van der Waals surface area (Å²) in [4.78, 5) is 5.59. The molecule has 6 heteroatoms. The van der Waals surface area contributed by atoms with Crippen LogP contribution in [0.15, 0.2) is 12.5 Å². The van der Waals surface area contributed by atoms with Crippen molar-refractivity contribution in [1.82, 2.24) is 29.8 Å². The second-order valence-corrected chi connectivity index (χ2v) is 2.64. The van der Waals surface area contributed by atoms with Gasteiger partial charge in [0.25, 0.3) is 0 Å². The van der Waals surface area contributed by atoms with Crippen molar-refractivity contribution >= 4 is 0 Å². The molecular formula is C7H10N6. The van der Waals surface area contributed by atoms with Crippen molar-refractivity contribution < 1.29 is 0 Å². The molecule has 0 saturated heterocycles. The van der Waals surface area contributed by atoms with E-state index in [-0.39, 0.29) is 0 Å². The molecule has 0 unspecified atom stereocenters. The standard InChI is InChI=1S/C7H10N6/c1-3-13-5-8-7(11-13)6-4-9-12(2)10-6/h4-5H,3H2,1-2H3. The first kappa shape index (κ1) is 7.90. The van der Waals surface area contributed by atoms with Crippen LogP contribution in [0.3, 0.4) is 0 Å². The summed E-state index contributed by atoms with van der Waals surface area (Å²) in [5, 5.41) is 12.2. The lowest BCUT2D eigenvalue weighted by molar-refractivity contribution is 0.650. The van der Waals surface area contributed by atoms with Gasteiger partial charge in [-0.2, -0.15) is 15.0 Å². The number of aryl methyl sites for hydroxylation is 2. The fraction of sp³-hybridized carbons (Fsp3) is 0.429. The van der Waals surface area contributed by atoms with Gasteiger partial charge in [0.2, 0.25) is 5.82 Å². The van der Waals surface area contributed by atoms with E-state index in [0.717, 1.165) is 6.54 Å². The largest absolute Gasteiger partial charge is 0.253 e. The second kappa shape index (κ2) is 2.96. The van der Waals surface area contributed by atoms with Crippen molar-refractivity contribution in [2.75, 3.05) is 0 Å². The zero-order chi connectivity index (χ0) is 9.26. The molecule has 2 aromatic rings. The first-order valence-electron chi connectivity index (χ1n) is 4.05. The molecule has 0 spiro atoms. The fourth-order valence-electron chi connectivity index (χ4n) is 1.01. The highest BCUT2D eigenvalue weighted by Gasteiger charge is 2.06. The predicted octanol–water partition coefficient (Wildman–Crippen LogP) is 0.0935. The molecule has 0 radical (unpaired) electrons. The average Bonchev–Trinajstić information content (AvgIpc) is 2.71. The van der Waals surface area contributed by atoms with Crippen molar-refractivity contribution in [2.24, 2.45) is 7.05 Å². The zero-order valence-electron chi connectivity index (χ0n) is 7.55. The molecule has 13 heavy (non-hydrogen) atoms. The zero-order valence-corrected chi connectivity index (χ0v) is 7.55. The first-order valence-corrected chi connectivity index (χ1v) is 4.05. The smallest absolute Gasteiger partial charge is 0.203 e. The molecular weight excluding hydrogens is 168 g/mol. The highest BCUT2D eigenvalue weighted by atomic mass is 15.5. The highest BCUT2D eigenvalue weighted by Crippen LogP contribution is 2.07. The Morgan fingerprint density at radius 2 is 2.23 bits per heavy atom. The lowest BCUT2D eigenvalue weighted by Gasteiger charge is -1.88. The molecule has 0 atom stereocenters. The summed E-state index contributed by atoms with van der Waals surface area (Å²) in [6, 6.07) is 0. The SMILES string of the molecule is CCn1cnc(-c2cnn(C)n2)n1. The molecule has 0 fully saturated rings. The third kappa shape index (κ3) is 1.42. The Morgan fingerprint density at radius 3 is 2.77 bits per heavy atom. The Morgan fingerprint density at radius 1 is 1.38 bits per heavy atom. The monoisotopic (exact) mass is 178 g/mol. The van der Waals surface area contributed by atoms with Gasteiger partial charge in [-0.1, -0.05) is 0 Å². The maximum Gasteiger partial charge on any atom is 0.203 e. The lowest BCUT2D eigenvalue weighted by atomic mass is 10.5. The van der Waals surface area contributed by atoms with Crippen molar-refractivity contribution in [3.05, 3.63) is 12.5 Å². The molecule has 0 bridgehead atoms. The Kier molecular flexibility index (Phi) is 1.80. The topological polar surface area (TPSA) is 61.4 Å². The van der Waals surface area contributed by atoms with Crippen LogP contribution in [-0.4, -0.2) is 29.8 Å². The second-order valence-electron chi connectivity index (χ2n) is 2.64. The van der Waals surface area contributed by atoms with Gasteiger partial charge in [0.15, 0.2) is 5.69 Å². The quantitative estimate of drug-likeness (QED) is 0.654. The van der Waals surface area contributed by atoms with Crippen molar-refractivity contribution in [1.29, 1.82) is 0 Å². The molecule has 0 aliphatic heterocycles. The minimum Gasteiger partial charge on any atom is -0.253 e. The predicted molar refractivity (Wildman–Crippen MR) is 45.7 cm³/mol. The van der Waals surface area contributed by atoms with Crippen LogP contribution in [0.4, 0.5) is 0 Å². The van der Waals surface area contributed by atoms with Gasteiger partial charge in [-0.15, -0.1) is 5.10 Å². The molecule has 2 rings (SSSR count). The van der Waals surface area contributed by atoms with E-state index in [2.05, 4.69) is 20.3 Å². The Labute approximate surface area is 75.2 Å². The van der Waals surface area contributed by atoms with Gasteiger partial charge < -0.3 is 0 Å². The molecule has 0 N–H and O–H groups in total. The summed E-state index contributed by atoms with van der Waals surface area (Å²) in [5.74, 6) is 0.620. The Bertz CT molecular complexity index is 401. The van der Waals surface area contributed by atoms with E-state index >= 15 is 0 Å². The van der Waals surface area contributed by atoms with Crippen LogP contribution in [0.2, 0.25) is 0 Å². The van der Waals surface area contributed by atoms with Crippen molar-refractivity contribution in [3.8, 4) is 11.5 Å². The van der Waals surface area contributed by atoms with Gasteiger partial charge in [-0.3, -0.25) is 4.68 Å². The van der Waals surface area contributed by atoms with Gasteiger partial charge in [0, 0.05) is 13.6 Å². The molecule has 0 amide bonds. The van der Waals surface area contributed by atoms with Crippen LogP contribution in [0.1, 0.15) is 6.92 Å². The van der Waals surface area contributed by atoms with Gasteiger partial charge >= 0.3 is 0 Å². The molecule has 0 aliphatic rings. The third-order valence-corrected chi connectivity index (χ3v) is 1.69. The summed E-state index contributed by atoms with van der Waals surface area (Å²) in [6.45, 7) is 2.82. The molecule has 2 aromatic heterocycles. The van der Waals surface area contributed by atoms with E-state index < -0.39 is 0 Å². The average molecular weight is 178 g/mol. The first-order chi connectivity index (χ1) is 6.29. The summed E-state index contributed by atoms with van der Waals surface area (Å²) >= 11 is 0. The highest BCUT2D eigenvalue weighted by molar-refractivity contribution is 5.44.